The van der Waals surface area contributed by atoms with Crippen molar-refractivity contribution in [1.82, 2.24) is 9.97 Å². The highest BCUT2D eigenvalue weighted by Gasteiger charge is 2.11. The minimum Gasteiger partial charge on any atom is -0.508 e. The molecule has 0 spiro atoms. The van der Waals surface area contributed by atoms with Crippen LogP contribution in [0.1, 0.15) is 0 Å². The minimum absolute atomic E-state index is 0.153. The number of methoxy groups -OCH3 is 1. The van der Waals surface area contributed by atoms with Crippen LogP contribution in [0.25, 0.3) is 22.4 Å². The number of fused-ring (bicyclic) bond motifs is 1. The Hall–Kier alpha value is -2.20. The van der Waals surface area contributed by atoms with Crippen LogP contribution in [0.15, 0.2) is 36.4 Å². The smallest absolute Gasteiger partial charge is 0.142 e. The topological polar surface area (TPSA) is 58.1 Å². The fraction of sp³-hybridized carbons (Fsp3) is 0.0714. The molecule has 3 aromatic rings. The predicted molar refractivity (Wildman–Crippen MR) is 74.8 cm³/mol. The molecule has 2 N–H and O–H groups in total. The van der Waals surface area contributed by atoms with E-state index in [4.69, 9.17) is 16.3 Å². The van der Waals surface area contributed by atoms with Gasteiger partial charge in [-0.05, 0) is 30.3 Å². The standard InChI is InChI=1S/C14H11ClN2O2/c1-19-13-7-9(18)3-4-10(13)14-16-11-5-2-8(15)6-12(11)17-14/h2-7,18H,1H3,(H,16,17). The van der Waals surface area contributed by atoms with Gasteiger partial charge in [0.15, 0.2) is 0 Å². The Kier molecular flexibility index (Phi) is 2.80. The molecule has 1 heterocycles. The summed E-state index contributed by atoms with van der Waals surface area (Å²) in [5, 5.41) is 10.1. The van der Waals surface area contributed by atoms with Gasteiger partial charge in [-0.3, -0.25) is 0 Å². The number of hydrogen-bond donors (Lipinski definition) is 2. The van der Waals surface area contributed by atoms with Gasteiger partial charge in [0.1, 0.15) is 17.3 Å². The molecule has 0 bridgehead atoms. The molecule has 2 aromatic carbocycles. The van der Waals surface area contributed by atoms with E-state index in [1.165, 1.54) is 0 Å². The Morgan fingerprint density at radius 1 is 1.21 bits per heavy atom. The first-order chi connectivity index (χ1) is 9.17. The number of aromatic hydroxyl groups is 1. The molecule has 1 aromatic heterocycles. The monoisotopic (exact) mass is 274 g/mol. The van der Waals surface area contributed by atoms with E-state index in [0.29, 0.717) is 16.6 Å². The number of aromatic amines is 1. The number of rotatable bonds is 2. The first-order valence-electron chi connectivity index (χ1n) is 5.70. The van der Waals surface area contributed by atoms with Gasteiger partial charge in [0.2, 0.25) is 0 Å². The molecule has 3 rings (SSSR count). The molecule has 96 valence electrons. The Balaban J connectivity index is 2.18. The SMILES string of the molecule is COc1cc(O)ccc1-c1nc2ccc(Cl)cc2[nH]1. The number of nitrogens with one attached hydrogen (secondary N) is 1. The summed E-state index contributed by atoms with van der Waals surface area (Å²) in [6.07, 6.45) is 0. The summed E-state index contributed by atoms with van der Waals surface area (Å²) >= 11 is 5.95. The van der Waals surface area contributed by atoms with Crippen LogP contribution in [0.4, 0.5) is 0 Å². The van der Waals surface area contributed by atoms with Crippen molar-refractivity contribution in [1.29, 1.82) is 0 Å². The van der Waals surface area contributed by atoms with Crippen molar-refractivity contribution < 1.29 is 9.84 Å². The molecular weight excluding hydrogens is 264 g/mol. The Morgan fingerprint density at radius 2 is 2.05 bits per heavy atom. The number of H-pyrrole nitrogens is 1. The van der Waals surface area contributed by atoms with Crippen molar-refractivity contribution in [2.75, 3.05) is 7.11 Å². The second-order valence-corrected chi connectivity index (χ2v) is 4.57. The third kappa shape index (κ3) is 2.11. The summed E-state index contributed by atoms with van der Waals surface area (Å²) in [7, 11) is 1.55. The van der Waals surface area contributed by atoms with Crippen molar-refractivity contribution in [2.24, 2.45) is 0 Å². The van der Waals surface area contributed by atoms with Crippen molar-refractivity contribution in [3.8, 4) is 22.9 Å². The number of phenols is 1. The molecular formula is C14H11ClN2O2. The Labute approximate surface area is 114 Å². The van der Waals surface area contributed by atoms with Crippen molar-refractivity contribution >= 4 is 22.6 Å². The number of aromatic nitrogens is 2. The number of benzene rings is 2. The van der Waals surface area contributed by atoms with Crippen LogP contribution >= 0.6 is 11.6 Å². The molecule has 0 unspecified atom stereocenters. The maximum Gasteiger partial charge on any atom is 0.142 e. The largest absolute Gasteiger partial charge is 0.508 e. The lowest BCUT2D eigenvalue weighted by Crippen LogP contribution is -1.88. The fourth-order valence-electron chi connectivity index (χ4n) is 1.98. The molecule has 4 nitrogen and oxygen atoms in total. The number of halogens is 1. The average Bonchev–Trinajstić information content (AvgIpc) is 2.81. The molecule has 5 heteroatoms. The quantitative estimate of drug-likeness (QED) is 0.751. The molecule has 0 aliphatic heterocycles. The maximum absolute atomic E-state index is 9.46. The van der Waals surface area contributed by atoms with Gasteiger partial charge in [0.25, 0.3) is 0 Å². The zero-order valence-corrected chi connectivity index (χ0v) is 10.9. The zero-order valence-electron chi connectivity index (χ0n) is 10.1. The van der Waals surface area contributed by atoms with Gasteiger partial charge in [0, 0.05) is 11.1 Å². The first kappa shape index (κ1) is 11.9. The lowest BCUT2D eigenvalue weighted by atomic mass is 10.2. The summed E-state index contributed by atoms with van der Waals surface area (Å²) in [6, 6.07) is 10.4. The van der Waals surface area contributed by atoms with Gasteiger partial charge in [-0.15, -0.1) is 0 Å². The van der Waals surface area contributed by atoms with Crippen molar-refractivity contribution in [2.45, 2.75) is 0 Å². The van der Waals surface area contributed by atoms with E-state index in [1.54, 1.807) is 31.4 Å². The van der Waals surface area contributed by atoms with Gasteiger partial charge >= 0.3 is 0 Å². The Bertz CT molecular complexity index is 752. The highest BCUT2D eigenvalue weighted by molar-refractivity contribution is 6.31. The van der Waals surface area contributed by atoms with E-state index in [0.717, 1.165) is 16.6 Å². The van der Waals surface area contributed by atoms with Gasteiger partial charge < -0.3 is 14.8 Å². The lowest BCUT2D eigenvalue weighted by molar-refractivity contribution is 0.409. The second kappa shape index (κ2) is 4.48. The molecule has 0 atom stereocenters. The summed E-state index contributed by atoms with van der Waals surface area (Å²) in [5.41, 5.74) is 2.47. The minimum atomic E-state index is 0.153. The van der Waals surface area contributed by atoms with E-state index >= 15 is 0 Å². The molecule has 0 aliphatic carbocycles. The summed E-state index contributed by atoms with van der Waals surface area (Å²) in [6.45, 7) is 0. The van der Waals surface area contributed by atoms with E-state index < -0.39 is 0 Å². The fourth-order valence-corrected chi connectivity index (χ4v) is 2.16. The number of ether oxygens (including phenoxy) is 1. The van der Waals surface area contributed by atoms with Crippen LogP contribution in [0.3, 0.4) is 0 Å². The maximum atomic E-state index is 9.46. The molecule has 0 saturated heterocycles. The number of imidazole rings is 1. The van der Waals surface area contributed by atoms with E-state index in [9.17, 15) is 5.11 Å². The van der Waals surface area contributed by atoms with Crippen LogP contribution in [-0.4, -0.2) is 22.2 Å². The number of phenolic OH excluding ortho intramolecular Hbond substituents is 1. The highest BCUT2D eigenvalue weighted by atomic mass is 35.5. The molecule has 0 radical (unpaired) electrons. The van der Waals surface area contributed by atoms with Crippen LogP contribution < -0.4 is 4.74 Å². The third-order valence-corrected chi connectivity index (χ3v) is 3.12. The van der Waals surface area contributed by atoms with Crippen LogP contribution in [0.2, 0.25) is 5.02 Å². The second-order valence-electron chi connectivity index (χ2n) is 4.13. The van der Waals surface area contributed by atoms with E-state index in [2.05, 4.69) is 9.97 Å². The van der Waals surface area contributed by atoms with Gasteiger partial charge in [-0.2, -0.15) is 0 Å². The molecule has 0 fully saturated rings. The van der Waals surface area contributed by atoms with Crippen LogP contribution in [0, 0.1) is 0 Å². The molecule has 0 amide bonds. The van der Waals surface area contributed by atoms with E-state index in [-0.39, 0.29) is 5.75 Å². The average molecular weight is 275 g/mol. The van der Waals surface area contributed by atoms with Gasteiger partial charge in [-0.1, -0.05) is 11.6 Å². The Morgan fingerprint density at radius 3 is 2.84 bits per heavy atom. The number of hydrogen-bond acceptors (Lipinski definition) is 3. The zero-order chi connectivity index (χ0) is 13.4. The first-order valence-corrected chi connectivity index (χ1v) is 6.08. The summed E-state index contributed by atoms with van der Waals surface area (Å²) in [5.74, 6) is 1.39. The third-order valence-electron chi connectivity index (χ3n) is 2.88. The van der Waals surface area contributed by atoms with Crippen molar-refractivity contribution in [3.63, 3.8) is 0 Å². The molecule has 19 heavy (non-hydrogen) atoms. The van der Waals surface area contributed by atoms with E-state index in [1.807, 2.05) is 12.1 Å². The molecule has 0 aliphatic rings. The van der Waals surface area contributed by atoms with Crippen molar-refractivity contribution in [3.05, 3.63) is 41.4 Å². The van der Waals surface area contributed by atoms with Crippen LogP contribution in [0.5, 0.6) is 11.5 Å². The van der Waals surface area contributed by atoms with Gasteiger partial charge in [-0.25, -0.2) is 4.98 Å². The molecule has 0 saturated carbocycles. The van der Waals surface area contributed by atoms with Gasteiger partial charge in [0.05, 0.1) is 23.7 Å². The normalized spacial score (nSPS) is 10.8. The highest BCUT2D eigenvalue weighted by Crippen LogP contribution is 2.32. The lowest BCUT2D eigenvalue weighted by Gasteiger charge is -2.06. The van der Waals surface area contributed by atoms with Crippen LogP contribution in [-0.2, 0) is 0 Å². The summed E-state index contributed by atoms with van der Waals surface area (Å²) < 4.78 is 5.25. The summed E-state index contributed by atoms with van der Waals surface area (Å²) in [4.78, 5) is 7.68. The predicted octanol–water partition coefficient (Wildman–Crippen LogP) is 3.60. The number of nitrogens with zero attached hydrogens (tertiary/aromatic N) is 1.